The van der Waals surface area contributed by atoms with E-state index in [-0.39, 0.29) is 11.8 Å². The number of benzene rings is 2. The number of hydrogen-bond acceptors (Lipinski definition) is 7. The third-order valence-electron chi connectivity index (χ3n) is 6.85. The third kappa shape index (κ3) is 4.36. The number of carbonyl (C=O) groups excluding carboxylic acids is 2. The number of piperazine rings is 1. The lowest BCUT2D eigenvalue weighted by Crippen LogP contribution is -2.47. The van der Waals surface area contributed by atoms with Gasteiger partial charge in [-0.05, 0) is 68.6 Å². The number of nitrogens with zero attached hydrogens (tertiary/aromatic N) is 4. The number of pyridine rings is 1. The van der Waals surface area contributed by atoms with Gasteiger partial charge < -0.3 is 25.2 Å². The molecule has 0 spiro atoms. The van der Waals surface area contributed by atoms with E-state index in [0.717, 1.165) is 13.1 Å². The molecule has 9 nitrogen and oxygen atoms in total. The Bertz CT molecular complexity index is 1380. The predicted octanol–water partition coefficient (Wildman–Crippen LogP) is 3.05. The first kappa shape index (κ1) is 24.3. The molecule has 1 saturated heterocycles. The van der Waals surface area contributed by atoms with E-state index < -0.39 is 5.54 Å². The molecule has 1 fully saturated rings. The fraction of sp³-hybridized carbons (Fsp3) is 0.286. The average Bonchev–Trinajstić information content (AvgIpc) is 3.20. The van der Waals surface area contributed by atoms with Crippen molar-refractivity contribution in [1.29, 1.82) is 5.26 Å². The van der Waals surface area contributed by atoms with Gasteiger partial charge in [-0.1, -0.05) is 0 Å². The van der Waals surface area contributed by atoms with Gasteiger partial charge in [0, 0.05) is 54.9 Å². The molecule has 5 rings (SSSR count). The van der Waals surface area contributed by atoms with Crippen molar-refractivity contribution in [3.8, 4) is 11.9 Å². The van der Waals surface area contributed by atoms with Gasteiger partial charge in [-0.2, -0.15) is 5.26 Å². The Balaban J connectivity index is 1.54. The number of nitriles is 1. The van der Waals surface area contributed by atoms with Gasteiger partial charge in [-0.15, -0.1) is 0 Å². The number of amides is 2. The summed E-state index contributed by atoms with van der Waals surface area (Å²) in [6, 6.07) is 17.9. The molecule has 2 aliphatic rings. The van der Waals surface area contributed by atoms with E-state index in [1.54, 1.807) is 60.8 Å². The first-order valence-corrected chi connectivity index (χ1v) is 12.3. The van der Waals surface area contributed by atoms with Crippen LogP contribution in [0, 0.1) is 11.3 Å². The molecular formula is C28H28N6O3. The zero-order chi connectivity index (χ0) is 26.0. The molecule has 3 aromatic rings. The lowest BCUT2D eigenvalue weighted by molar-refractivity contribution is -0.118. The van der Waals surface area contributed by atoms with Gasteiger partial charge in [0.1, 0.15) is 0 Å². The van der Waals surface area contributed by atoms with Crippen LogP contribution in [-0.2, 0) is 10.3 Å². The topological polar surface area (TPSA) is 111 Å². The van der Waals surface area contributed by atoms with Crippen LogP contribution in [-0.4, -0.2) is 66.4 Å². The van der Waals surface area contributed by atoms with E-state index in [9.17, 15) is 14.9 Å². The summed E-state index contributed by atoms with van der Waals surface area (Å²) < 4.78 is 5.81. The van der Waals surface area contributed by atoms with Crippen LogP contribution in [0.1, 0.15) is 34.0 Å². The van der Waals surface area contributed by atoms with Crippen LogP contribution >= 0.6 is 0 Å². The number of likely N-dealkylation sites (N-methyl/N-ethyl adjacent to an activating group) is 1. The van der Waals surface area contributed by atoms with E-state index in [1.165, 1.54) is 0 Å². The maximum Gasteiger partial charge on any atom is 0.259 e. The van der Waals surface area contributed by atoms with Crippen molar-refractivity contribution in [3.63, 3.8) is 0 Å². The van der Waals surface area contributed by atoms with E-state index in [0.29, 0.717) is 59.2 Å². The molecule has 2 N–H and O–H groups in total. The molecule has 2 aromatic carbocycles. The van der Waals surface area contributed by atoms with Crippen LogP contribution in [0.25, 0.3) is 0 Å². The highest BCUT2D eigenvalue weighted by Crippen LogP contribution is 2.46. The van der Waals surface area contributed by atoms with Crippen molar-refractivity contribution in [2.45, 2.75) is 12.5 Å². The van der Waals surface area contributed by atoms with Gasteiger partial charge in [0.15, 0.2) is 5.54 Å². The van der Waals surface area contributed by atoms with Crippen LogP contribution in [0.4, 0.5) is 11.4 Å². The van der Waals surface area contributed by atoms with Gasteiger partial charge in [-0.25, -0.2) is 4.98 Å². The summed E-state index contributed by atoms with van der Waals surface area (Å²) in [7, 11) is 2.05. The van der Waals surface area contributed by atoms with Crippen molar-refractivity contribution in [2.75, 3.05) is 50.5 Å². The minimum absolute atomic E-state index is 0.0112. The first-order valence-electron chi connectivity index (χ1n) is 12.3. The maximum absolute atomic E-state index is 13.7. The monoisotopic (exact) mass is 496 g/mol. The number of carbonyl (C=O) groups is 2. The van der Waals surface area contributed by atoms with Crippen LogP contribution in [0.15, 0.2) is 60.8 Å². The molecule has 0 bridgehead atoms. The Morgan fingerprint density at radius 3 is 2.59 bits per heavy atom. The van der Waals surface area contributed by atoms with Gasteiger partial charge in [0.2, 0.25) is 5.88 Å². The molecule has 2 amide bonds. The van der Waals surface area contributed by atoms with E-state index in [1.807, 2.05) is 18.9 Å². The first-order chi connectivity index (χ1) is 18.0. The fourth-order valence-electron chi connectivity index (χ4n) is 4.86. The van der Waals surface area contributed by atoms with Crippen molar-refractivity contribution >= 4 is 23.2 Å². The SMILES string of the molecule is CCOc1ncccc1C1(Nc2ccc(C(=O)N3CCN(C)CC3)cc2)C(=O)Nc2ccc(C#N)cc21. The standard InChI is InChI=1S/C28H28N6O3/c1-3-37-25-22(5-4-12-30-25)28(23-17-19(18-29)6-11-24(23)31-27(28)36)32-21-9-7-20(8-10-21)26(35)34-15-13-33(2)14-16-34/h4-12,17,32H,3,13-16H2,1-2H3,(H,31,36). The highest BCUT2D eigenvalue weighted by molar-refractivity contribution is 6.10. The van der Waals surface area contributed by atoms with Crippen molar-refractivity contribution < 1.29 is 14.3 Å². The second-order valence-electron chi connectivity index (χ2n) is 9.16. The Morgan fingerprint density at radius 2 is 1.89 bits per heavy atom. The molecule has 0 radical (unpaired) electrons. The summed E-state index contributed by atoms with van der Waals surface area (Å²) in [5.74, 6) is -0.00303. The number of ether oxygens (including phenoxy) is 1. The second-order valence-corrected chi connectivity index (χ2v) is 9.16. The largest absolute Gasteiger partial charge is 0.478 e. The number of anilines is 2. The Kier molecular flexibility index (Phi) is 6.51. The number of nitrogens with one attached hydrogen (secondary N) is 2. The minimum Gasteiger partial charge on any atom is -0.478 e. The van der Waals surface area contributed by atoms with Gasteiger partial charge >= 0.3 is 0 Å². The summed E-state index contributed by atoms with van der Waals surface area (Å²) in [5, 5.41) is 15.9. The summed E-state index contributed by atoms with van der Waals surface area (Å²) in [4.78, 5) is 35.2. The molecule has 1 atom stereocenters. The summed E-state index contributed by atoms with van der Waals surface area (Å²) in [5.41, 5.74) is 1.98. The van der Waals surface area contributed by atoms with Crippen LogP contribution < -0.4 is 15.4 Å². The number of hydrogen-bond donors (Lipinski definition) is 2. The molecule has 1 aromatic heterocycles. The minimum atomic E-state index is -1.40. The van der Waals surface area contributed by atoms with Crippen molar-refractivity contribution in [1.82, 2.24) is 14.8 Å². The zero-order valence-electron chi connectivity index (χ0n) is 20.8. The van der Waals surface area contributed by atoms with E-state index >= 15 is 0 Å². The third-order valence-corrected chi connectivity index (χ3v) is 6.85. The smallest absolute Gasteiger partial charge is 0.259 e. The zero-order valence-corrected chi connectivity index (χ0v) is 20.8. The Morgan fingerprint density at radius 1 is 1.14 bits per heavy atom. The van der Waals surface area contributed by atoms with Gasteiger partial charge in [-0.3, -0.25) is 9.59 Å². The normalized spacial score (nSPS) is 19.1. The van der Waals surface area contributed by atoms with Gasteiger partial charge in [0.05, 0.1) is 23.8 Å². The maximum atomic E-state index is 13.7. The second kappa shape index (κ2) is 9.91. The summed E-state index contributed by atoms with van der Waals surface area (Å²) >= 11 is 0. The van der Waals surface area contributed by atoms with Crippen LogP contribution in [0.3, 0.4) is 0 Å². The number of fused-ring (bicyclic) bond motifs is 1. The molecule has 188 valence electrons. The average molecular weight is 497 g/mol. The molecule has 3 heterocycles. The van der Waals surface area contributed by atoms with Crippen LogP contribution in [0.2, 0.25) is 0 Å². The fourth-order valence-corrected chi connectivity index (χ4v) is 4.86. The summed E-state index contributed by atoms with van der Waals surface area (Å²) in [6.45, 7) is 5.30. The molecule has 0 saturated carbocycles. The molecule has 1 unspecified atom stereocenters. The molecule has 2 aliphatic heterocycles. The van der Waals surface area contributed by atoms with E-state index in [4.69, 9.17) is 4.74 Å². The Hall–Kier alpha value is -4.42. The quantitative estimate of drug-likeness (QED) is 0.540. The molecule has 0 aliphatic carbocycles. The highest BCUT2D eigenvalue weighted by atomic mass is 16.5. The number of rotatable bonds is 6. The van der Waals surface area contributed by atoms with Crippen molar-refractivity contribution in [3.05, 3.63) is 83.0 Å². The Labute approximate surface area is 215 Å². The lowest BCUT2D eigenvalue weighted by Gasteiger charge is -2.33. The van der Waals surface area contributed by atoms with E-state index in [2.05, 4.69) is 26.6 Å². The molecule has 9 heteroatoms. The van der Waals surface area contributed by atoms with Gasteiger partial charge in [0.25, 0.3) is 11.8 Å². The van der Waals surface area contributed by atoms with Crippen molar-refractivity contribution in [2.24, 2.45) is 0 Å². The van der Waals surface area contributed by atoms with Crippen LogP contribution in [0.5, 0.6) is 5.88 Å². The summed E-state index contributed by atoms with van der Waals surface area (Å²) in [6.07, 6.45) is 1.61. The molecular weight excluding hydrogens is 468 g/mol. The number of aromatic nitrogens is 1. The molecule has 37 heavy (non-hydrogen) atoms. The predicted molar refractivity (Wildman–Crippen MR) is 139 cm³/mol. The lowest BCUT2D eigenvalue weighted by atomic mass is 9.83. The highest BCUT2D eigenvalue weighted by Gasteiger charge is 2.51.